The highest BCUT2D eigenvalue weighted by atomic mass is 16.7. The van der Waals surface area contributed by atoms with Crippen LogP contribution in [0.3, 0.4) is 0 Å². The van der Waals surface area contributed by atoms with Gasteiger partial charge in [0, 0.05) is 5.41 Å². The number of hydrogen-bond donors (Lipinski definition) is 8. The number of hydrogen-bond acceptors (Lipinski definition) is 13. The van der Waals surface area contributed by atoms with Gasteiger partial charge in [0.1, 0.15) is 49.0 Å². The Balaban J connectivity index is 1.24. The lowest BCUT2D eigenvalue weighted by atomic mass is 9.35. The molecule has 2 saturated heterocycles. The van der Waals surface area contributed by atoms with Crippen LogP contribution in [0.25, 0.3) is 0 Å². The quantitative estimate of drug-likeness (QED) is 0.0860. The molecule has 6 rings (SSSR count). The average Bonchev–Trinajstić information content (AvgIpc) is 3.52. The second-order valence-electron chi connectivity index (χ2n) is 19.7. The molecular formula is C42H70O13. The molecule has 4 aliphatic carbocycles. The molecule has 0 radical (unpaired) electrons. The van der Waals surface area contributed by atoms with Gasteiger partial charge in [-0.3, -0.25) is 0 Å². The minimum absolute atomic E-state index is 0.0128. The van der Waals surface area contributed by atoms with Crippen LogP contribution in [-0.2, 0) is 23.7 Å². The van der Waals surface area contributed by atoms with E-state index < -0.39 is 78.3 Å². The summed E-state index contributed by atoms with van der Waals surface area (Å²) in [6.07, 6.45) is -3.93. The third kappa shape index (κ3) is 7.11. The van der Waals surface area contributed by atoms with Crippen molar-refractivity contribution >= 4 is 6.29 Å². The first-order valence-corrected chi connectivity index (χ1v) is 20.8. The molecule has 8 N–H and O–H groups in total. The third-order valence-electron chi connectivity index (χ3n) is 16.7. The van der Waals surface area contributed by atoms with Gasteiger partial charge in [0.2, 0.25) is 0 Å². The van der Waals surface area contributed by atoms with Crippen molar-refractivity contribution in [3.8, 4) is 0 Å². The maximum atomic E-state index is 13.7. The first kappa shape index (κ1) is 43.5. The topological polar surface area (TPSA) is 216 Å². The smallest absolute Gasteiger partial charge is 0.186 e. The molecule has 2 heterocycles. The van der Waals surface area contributed by atoms with E-state index in [9.17, 15) is 45.6 Å². The molecule has 0 aromatic carbocycles. The van der Waals surface area contributed by atoms with Crippen LogP contribution >= 0.6 is 0 Å². The molecule has 2 aliphatic heterocycles. The standard InChI is InChI=1S/C42H70O13/c1-22(2)23(3)10-17-42(51,21-53-37-35(50)33(48)32(47)27(18-43)54-37)25-11-14-39(6)24(25)8-9-29-40(39,7)15-12-28-38(4,5)30(13-16-41(28,29)20-44)55-36-34(49)31(46)26(45)19-52-36/h20,24-37,43,45-51H,8-19,21H2,1-7H3/t24?,25-,26+,27+,28?,29?,30?,31-,32+,33-,34+,35+,36-,37+,39+,40+,41+,42+/m0/s1. The number of allylic oxidation sites excluding steroid dienone is 2. The van der Waals surface area contributed by atoms with Gasteiger partial charge in [-0.05, 0) is 125 Å². The largest absolute Gasteiger partial charge is 0.394 e. The van der Waals surface area contributed by atoms with Crippen molar-refractivity contribution in [2.24, 2.45) is 45.3 Å². The number of fused-ring (bicyclic) bond motifs is 5. The second kappa shape index (κ2) is 15.8. The SMILES string of the molecule is CC(C)=C(C)CC[C@@](O)(CO[C@@H]1O[C@H](CO)[C@@H](O)[C@H](O)[C@H]1O)[C@H]1CC[C@]2(C)C1CCC1[C@@]3(C=O)CCC(O[C@@H]4OC[C@@H](O)[C@H](O)[C@H]4O)C(C)(C)C3CC[C@]12C. The van der Waals surface area contributed by atoms with Crippen LogP contribution in [0.2, 0.25) is 0 Å². The van der Waals surface area contributed by atoms with Crippen molar-refractivity contribution in [2.75, 3.05) is 19.8 Å². The van der Waals surface area contributed by atoms with E-state index in [1.807, 2.05) is 0 Å². The molecule has 0 bridgehead atoms. The van der Waals surface area contributed by atoms with Crippen molar-refractivity contribution in [1.29, 1.82) is 0 Å². The highest BCUT2D eigenvalue weighted by Crippen LogP contribution is 2.75. The van der Waals surface area contributed by atoms with Gasteiger partial charge in [-0.25, -0.2) is 0 Å². The molecule has 6 fully saturated rings. The maximum absolute atomic E-state index is 13.7. The summed E-state index contributed by atoms with van der Waals surface area (Å²) in [5.41, 5.74) is -0.400. The zero-order valence-electron chi connectivity index (χ0n) is 34.0. The van der Waals surface area contributed by atoms with Crippen LogP contribution in [-0.4, -0.2) is 134 Å². The van der Waals surface area contributed by atoms with Gasteiger partial charge in [-0.1, -0.05) is 38.8 Å². The van der Waals surface area contributed by atoms with Crippen LogP contribution in [0, 0.1) is 45.3 Å². The molecule has 4 unspecified atom stereocenters. The number of carbonyl (C=O) groups is 1. The predicted molar refractivity (Wildman–Crippen MR) is 200 cm³/mol. The van der Waals surface area contributed by atoms with E-state index in [1.165, 1.54) is 17.4 Å². The van der Waals surface area contributed by atoms with E-state index in [4.69, 9.17) is 18.9 Å². The Hall–Kier alpha value is -1.07. The lowest BCUT2D eigenvalue weighted by Crippen LogP contribution is -2.66. The molecular weight excluding hydrogens is 712 g/mol. The Labute approximate surface area is 326 Å². The number of aldehydes is 1. The Morgan fingerprint density at radius 2 is 1.47 bits per heavy atom. The van der Waals surface area contributed by atoms with Crippen LogP contribution < -0.4 is 0 Å². The lowest BCUT2D eigenvalue weighted by Gasteiger charge is -2.69. The first-order chi connectivity index (χ1) is 25.7. The van der Waals surface area contributed by atoms with Gasteiger partial charge in [-0.15, -0.1) is 0 Å². The number of rotatable bonds is 11. The monoisotopic (exact) mass is 782 g/mol. The summed E-state index contributed by atoms with van der Waals surface area (Å²) >= 11 is 0. The number of carbonyl (C=O) groups excluding carboxylic acids is 1. The number of aliphatic hydroxyl groups is 8. The molecule has 6 aliphatic rings. The van der Waals surface area contributed by atoms with E-state index in [2.05, 4.69) is 48.5 Å². The van der Waals surface area contributed by atoms with Crippen molar-refractivity contribution in [1.82, 2.24) is 0 Å². The molecule has 4 saturated carbocycles. The van der Waals surface area contributed by atoms with E-state index in [0.29, 0.717) is 25.7 Å². The minimum Gasteiger partial charge on any atom is -0.394 e. The van der Waals surface area contributed by atoms with Crippen LogP contribution in [0.15, 0.2) is 11.1 Å². The Morgan fingerprint density at radius 3 is 2.13 bits per heavy atom. The van der Waals surface area contributed by atoms with Crippen LogP contribution in [0.1, 0.15) is 113 Å². The highest BCUT2D eigenvalue weighted by molar-refractivity contribution is 5.62. The number of aliphatic hydroxyl groups excluding tert-OH is 7. The fourth-order valence-electron chi connectivity index (χ4n) is 12.9. The summed E-state index contributed by atoms with van der Waals surface area (Å²) in [6.45, 7) is 14.3. The summed E-state index contributed by atoms with van der Waals surface area (Å²) < 4.78 is 23.9. The number of ether oxygens (including phenoxy) is 4. The minimum atomic E-state index is -1.58. The van der Waals surface area contributed by atoms with E-state index in [1.54, 1.807) is 0 Å². The second-order valence-corrected chi connectivity index (χ2v) is 19.7. The normalized spacial score (nSPS) is 49.2. The summed E-state index contributed by atoms with van der Waals surface area (Å²) in [5, 5.41) is 85.1. The van der Waals surface area contributed by atoms with Crippen molar-refractivity contribution in [3.05, 3.63) is 11.1 Å². The maximum Gasteiger partial charge on any atom is 0.186 e. The van der Waals surface area contributed by atoms with Gasteiger partial charge in [0.15, 0.2) is 12.6 Å². The van der Waals surface area contributed by atoms with E-state index >= 15 is 0 Å². The Kier molecular flexibility index (Phi) is 12.5. The summed E-state index contributed by atoms with van der Waals surface area (Å²) in [7, 11) is 0. The van der Waals surface area contributed by atoms with Gasteiger partial charge < -0.3 is 64.6 Å². The van der Waals surface area contributed by atoms with Gasteiger partial charge in [0.25, 0.3) is 0 Å². The molecule has 0 aromatic rings. The van der Waals surface area contributed by atoms with Gasteiger partial charge >= 0.3 is 0 Å². The fourth-order valence-corrected chi connectivity index (χ4v) is 12.9. The van der Waals surface area contributed by atoms with Gasteiger partial charge in [0.05, 0.1) is 31.5 Å². The lowest BCUT2D eigenvalue weighted by molar-refractivity contribution is -0.312. The summed E-state index contributed by atoms with van der Waals surface area (Å²) in [6, 6.07) is 0. The molecule has 18 atom stereocenters. The molecule has 55 heavy (non-hydrogen) atoms. The molecule has 0 aromatic heterocycles. The Morgan fingerprint density at radius 1 is 0.800 bits per heavy atom. The highest BCUT2D eigenvalue weighted by Gasteiger charge is 2.71. The summed E-state index contributed by atoms with van der Waals surface area (Å²) in [4.78, 5) is 13.7. The van der Waals surface area contributed by atoms with Crippen molar-refractivity contribution in [3.63, 3.8) is 0 Å². The van der Waals surface area contributed by atoms with Crippen molar-refractivity contribution < 1.29 is 64.6 Å². The van der Waals surface area contributed by atoms with Crippen LogP contribution in [0.5, 0.6) is 0 Å². The zero-order chi connectivity index (χ0) is 40.5. The molecule has 316 valence electrons. The first-order valence-electron chi connectivity index (χ1n) is 20.8. The molecule has 13 heteroatoms. The average molecular weight is 783 g/mol. The van der Waals surface area contributed by atoms with E-state index in [-0.39, 0.29) is 53.8 Å². The fraction of sp³-hybridized carbons (Fsp3) is 0.929. The van der Waals surface area contributed by atoms with Crippen molar-refractivity contribution in [2.45, 2.75) is 180 Å². The Bertz CT molecular complexity index is 1400. The molecule has 0 spiro atoms. The predicted octanol–water partition coefficient (Wildman–Crippen LogP) is 2.36. The zero-order valence-corrected chi connectivity index (χ0v) is 34.0. The summed E-state index contributed by atoms with van der Waals surface area (Å²) in [5.74, 6) is 0.102. The van der Waals surface area contributed by atoms with E-state index in [0.717, 1.165) is 38.5 Å². The van der Waals surface area contributed by atoms with Crippen LogP contribution in [0.4, 0.5) is 0 Å². The molecule has 13 nitrogen and oxygen atoms in total. The van der Waals surface area contributed by atoms with Gasteiger partial charge in [-0.2, -0.15) is 0 Å². The third-order valence-corrected chi connectivity index (χ3v) is 16.7. The molecule has 0 amide bonds.